The van der Waals surface area contributed by atoms with Crippen LogP contribution < -0.4 is 5.73 Å². The minimum atomic E-state index is 0.411. The molecule has 0 spiro atoms. The third-order valence-corrected chi connectivity index (χ3v) is 3.18. The van der Waals surface area contributed by atoms with Crippen molar-refractivity contribution in [1.82, 2.24) is 0 Å². The van der Waals surface area contributed by atoms with E-state index < -0.39 is 0 Å². The average Bonchev–Trinajstić information content (AvgIpc) is 2.19. The van der Waals surface area contributed by atoms with Gasteiger partial charge < -0.3 is 10.5 Å². The van der Waals surface area contributed by atoms with Gasteiger partial charge in [-0.1, -0.05) is 23.7 Å². The number of benzene rings is 1. The SMILES string of the molecule is NC[C@H]1C[C@@H](OCc2ccc(Cl)cc2)C1. The van der Waals surface area contributed by atoms with Gasteiger partial charge >= 0.3 is 0 Å². The van der Waals surface area contributed by atoms with E-state index in [1.165, 1.54) is 5.56 Å². The van der Waals surface area contributed by atoms with Crippen LogP contribution in [0.2, 0.25) is 5.02 Å². The smallest absolute Gasteiger partial charge is 0.0720 e. The van der Waals surface area contributed by atoms with E-state index in [-0.39, 0.29) is 0 Å². The van der Waals surface area contributed by atoms with Gasteiger partial charge in [-0.3, -0.25) is 0 Å². The highest BCUT2D eigenvalue weighted by molar-refractivity contribution is 6.30. The molecule has 0 aromatic heterocycles. The summed E-state index contributed by atoms with van der Waals surface area (Å²) in [4.78, 5) is 0. The van der Waals surface area contributed by atoms with Crippen molar-refractivity contribution < 1.29 is 4.74 Å². The summed E-state index contributed by atoms with van der Waals surface area (Å²) in [6, 6.07) is 7.79. The summed E-state index contributed by atoms with van der Waals surface area (Å²) in [5.74, 6) is 0.681. The molecule has 0 heterocycles. The molecule has 0 atom stereocenters. The Morgan fingerprint density at radius 2 is 1.93 bits per heavy atom. The van der Waals surface area contributed by atoms with E-state index in [0.29, 0.717) is 18.6 Å². The second-order valence-electron chi connectivity index (χ2n) is 4.13. The van der Waals surface area contributed by atoms with Gasteiger partial charge in [0.15, 0.2) is 0 Å². The van der Waals surface area contributed by atoms with Crippen LogP contribution in [0.3, 0.4) is 0 Å². The Bertz CT molecular complexity index is 306. The van der Waals surface area contributed by atoms with Gasteiger partial charge in [0.1, 0.15) is 0 Å². The van der Waals surface area contributed by atoms with E-state index in [4.69, 9.17) is 22.1 Å². The molecule has 2 N–H and O–H groups in total. The van der Waals surface area contributed by atoms with Crippen LogP contribution in [-0.2, 0) is 11.3 Å². The van der Waals surface area contributed by atoms with Gasteiger partial charge in [0.2, 0.25) is 0 Å². The van der Waals surface area contributed by atoms with Crippen molar-refractivity contribution in [3.05, 3.63) is 34.9 Å². The van der Waals surface area contributed by atoms with Crippen LogP contribution in [0, 0.1) is 5.92 Å². The number of halogens is 1. The number of nitrogens with two attached hydrogens (primary N) is 1. The fourth-order valence-corrected chi connectivity index (χ4v) is 1.92. The van der Waals surface area contributed by atoms with Gasteiger partial charge in [0.05, 0.1) is 12.7 Å². The number of hydrogen-bond acceptors (Lipinski definition) is 2. The maximum Gasteiger partial charge on any atom is 0.0720 e. The molecule has 0 bridgehead atoms. The molecule has 1 saturated carbocycles. The number of hydrogen-bond donors (Lipinski definition) is 1. The maximum absolute atomic E-state index is 5.80. The monoisotopic (exact) mass is 225 g/mol. The van der Waals surface area contributed by atoms with E-state index in [2.05, 4.69) is 0 Å². The molecule has 1 aromatic carbocycles. The van der Waals surface area contributed by atoms with Crippen LogP contribution in [0.1, 0.15) is 18.4 Å². The van der Waals surface area contributed by atoms with Gasteiger partial charge in [-0.05, 0) is 43.0 Å². The largest absolute Gasteiger partial charge is 0.374 e. The zero-order chi connectivity index (χ0) is 10.7. The maximum atomic E-state index is 5.80. The standard InChI is InChI=1S/C12H16ClNO/c13-11-3-1-9(2-4-11)8-15-12-5-10(6-12)7-14/h1-4,10,12H,5-8,14H2/t10-,12+. The van der Waals surface area contributed by atoms with Gasteiger partial charge in [-0.2, -0.15) is 0 Å². The second kappa shape index (κ2) is 4.97. The molecule has 2 rings (SSSR count). The second-order valence-corrected chi connectivity index (χ2v) is 4.57. The summed E-state index contributed by atoms with van der Waals surface area (Å²) < 4.78 is 5.74. The lowest BCUT2D eigenvalue weighted by molar-refractivity contribution is -0.0375. The molecule has 0 unspecified atom stereocenters. The Kier molecular flexibility index (Phi) is 3.62. The van der Waals surface area contributed by atoms with Gasteiger partial charge in [-0.15, -0.1) is 0 Å². The number of ether oxygens (including phenoxy) is 1. The summed E-state index contributed by atoms with van der Waals surface area (Å²) in [7, 11) is 0. The molecular weight excluding hydrogens is 210 g/mol. The molecule has 0 amide bonds. The minimum Gasteiger partial charge on any atom is -0.374 e. The van der Waals surface area contributed by atoms with E-state index in [1.807, 2.05) is 24.3 Å². The normalized spacial score (nSPS) is 24.9. The fourth-order valence-electron chi connectivity index (χ4n) is 1.80. The first-order valence-electron chi connectivity index (χ1n) is 5.34. The topological polar surface area (TPSA) is 35.2 Å². The highest BCUT2D eigenvalue weighted by atomic mass is 35.5. The number of rotatable bonds is 4. The van der Waals surface area contributed by atoms with Crippen molar-refractivity contribution in [3.8, 4) is 0 Å². The van der Waals surface area contributed by atoms with Crippen molar-refractivity contribution in [2.24, 2.45) is 11.7 Å². The van der Waals surface area contributed by atoms with E-state index in [0.717, 1.165) is 24.4 Å². The molecule has 1 aromatic rings. The minimum absolute atomic E-state index is 0.411. The zero-order valence-electron chi connectivity index (χ0n) is 8.66. The van der Waals surface area contributed by atoms with E-state index in [1.54, 1.807) is 0 Å². The predicted octanol–water partition coefficient (Wildman–Crippen LogP) is 2.59. The van der Waals surface area contributed by atoms with Crippen molar-refractivity contribution in [2.75, 3.05) is 6.54 Å². The third-order valence-electron chi connectivity index (χ3n) is 2.92. The Morgan fingerprint density at radius 1 is 1.27 bits per heavy atom. The molecule has 2 nitrogen and oxygen atoms in total. The Balaban J connectivity index is 1.72. The highest BCUT2D eigenvalue weighted by Gasteiger charge is 2.28. The lowest BCUT2D eigenvalue weighted by atomic mass is 9.82. The summed E-state index contributed by atoms with van der Waals surface area (Å²) in [6.45, 7) is 1.47. The lowest BCUT2D eigenvalue weighted by Gasteiger charge is -2.34. The quantitative estimate of drug-likeness (QED) is 0.855. The van der Waals surface area contributed by atoms with Gasteiger partial charge in [0.25, 0.3) is 0 Å². The Labute approximate surface area is 95.4 Å². The van der Waals surface area contributed by atoms with Crippen LogP contribution >= 0.6 is 11.6 Å². The summed E-state index contributed by atoms with van der Waals surface area (Å²) >= 11 is 5.80. The first-order chi connectivity index (χ1) is 7.28. The Morgan fingerprint density at radius 3 is 2.53 bits per heavy atom. The molecular formula is C12H16ClNO. The van der Waals surface area contributed by atoms with Crippen molar-refractivity contribution >= 4 is 11.6 Å². The molecule has 82 valence electrons. The average molecular weight is 226 g/mol. The molecule has 1 fully saturated rings. The van der Waals surface area contributed by atoms with Crippen LogP contribution in [0.25, 0.3) is 0 Å². The van der Waals surface area contributed by atoms with Crippen LogP contribution in [0.4, 0.5) is 0 Å². The molecule has 3 heteroatoms. The van der Waals surface area contributed by atoms with Crippen molar-refractivity contribution in [2.45, 2.75) is 25.6 Å². The summed E-state index contributed by atoms with van der Waals surface area (Å²) in [6.07, 6.45) is 2.64. The zero-order valence-corrected chi connectivity index (χ0v) is 9.41. The van der Waals surface area contributed by atoms with Crippen molar-refractivity contribution in [1.29, 1.82) is 0 Å². The fraction of sp³-hybridized carbons (Fsp3) is 0.500. The molecule has 1 aliphatic rings. The lowest BCUT2D eigenvalue weighted by Crippen LogP contribution is -2.35. The molecule has 0 aliphatic heterocycles. The molecule has 0 radical (unpaired) electrons. The molecule has 1 aliphatic carbocycles. The van der Waals surface area contributed by atoms with Crippen LogP contribution in [0.15, 0.2) is 24.3 Å². The predicted molar refractivity (Wildman–Crippen MR) is 61.8 cm³/mol. The molecule has 0 saturated heterocycles. The summed E-state index contributed by atoms with van der Waals surface area (Å²) in [5, 5.41) is 0.769. The van der Waals surface area contributed by atoms with Gasteiger partial charge in [0, 0.05) is 5.02 Å². The van der Waals surface area contributed by atoms with Crippen LogP contribution in [0.5, 0.6) is 0 Å². The highest BCUT2D eigenvalue weighted by Crippen LogP contribution is 2.29. The first-order valence-corrected chi connectivity index (χ1v) is 5.72. The third kappa shape index (κ3) is 2.94. The summed E-state index contributed by atoms with van der Waals surface area (Å²) in [5.41, 5.74) is 6.73. The molecule has 15 heavy (non-hydrogen) atoms. The first kappa shape index (κ1) is 10.9. The van der Waals surface area contributed by atoms with E-state index in [9.17, 15) is 0 Å². The van der Waals surface area contributed by atoms with E-state index >= 15 is 0 Å². The Hall–Kier alpha value is -0.570. The van der Waals surface area contributed by atoms with Gasteiger partial charge in [-0.25, -0.2) is 0 Å². The van der Waals surface area contributed by atoms with Crippen molar-refractivity contribution in [3.63, 3.8) is 0 Å². The van der Waals surface area contributed by atoms with Crippen LogP contribution in [-0.4, -0.2) is 12.6 Å².